The van der Waals surface area contributed by atoms with Gasteiger partial charge in [-0.05, 0) is 23.8 Å². The number of hydrogen-bond donors (Lipinski definition) is 2. The van der Waals surface area contributed by atoms with Crippen LogP contribution in [0.4, 0.5) is 10.1 Å². The van der Waals surface area contributed by atoms with Crippen molar-refractivity contribution in [2.45, 2.75) is 18.9 Å². The number of aromatic nitrogens is 2. The molecule has 0 saturated carbocycles. The van der Waals surface area contributed by atoms with Gasteiger partial charge in [-0.25, -0.2) is 4.39 Å². The molecule has 0 bridgehead atoms. The summed E-state index contributed by atoms with van der Waals surface area (Å²) in [7, 11) is 1.79. The van der Waals surface area contributed by atoms with Crippen LogP contribution in [-0.2, 0) is 23.2 Å². The molecule has 1 aliphatic heterocycles. The molecule has 2 heterocycles. The number of aryl methyl sites for hydroxylation is 1. The quantitative estimate of drug-likeness (QED) is 0.897. The van der Waals surface area contributed by atoms with Crippen LogP contribution in [0.1, 0.15) is 23.6 Å². The minimum atomic E-state index is -0.613. The van der Waals surface area contributed by atoms with Crippen LogP contribution in [0.3, 0.4) is 0 Å². The van der Waals surface area contributed by atoms with Crippen molar-refractivity contribution in [3.05, 3.63) is 47.5 Å². The molecule has 0 aliphatic carbocycles. The molecule has 2 amide bonds. The molecule has 0 spiro atoms. The van der Waals surface area contributed by atoms with Crippen LogP contribution in [0.5, 0.6) is 0 Å². The Morgan fingerprint density at radius 3 is 3.05 bits per heavy atom. The van der Waals surface area contributed by atoms with Gasteiger partial charge in [-0.15, -0.1) is 0 Å². The van der Waals surface area contributed by atoms with E-state index in [2.05, 4.69) is 15.7 Å². The highest BCUT2D eigenvalue weighted by Gasteiger charge is 2.30. The average Bonchev–Trinajstić information content (AvgIpc) is 2.88. The fourth-order valence-electron chi connectivity index (χ4n) is 2.55. The summed E-state index contributed by atoms with van der Waals surface area (Å²) in [4.78, 5) is 24.1. The Balaban J connectivity index is 1.78. The maximum absolute atomic E-state index is 13.3. The number of anilines is 1. The Morgan fingerprint density at radius 2 is 2.32 bits per heavy atom. The van der Waals surface area contributed by atoms with E-state index in [9.17, 15) is 14.0 Å². The van der Waals surface area contributed by atoms with E-state index in [1.165, 1.54) is 12.1 Å². The summed E-state index contributed by atoms with van der Waals surface area (Å²) in [6.07, 6.45) is 1.70. The Labute approximate surface area is 126 Å². The molecule has 1 aromatic heterocycles. The number of benzene rings is 1. The van der Waals surface area contributed by atoms with Crippen molar-refractivity contribution >= 4 is 17.5 Å². The van der Waals surface area contributed by atoms with Gasteiger partial charge in [0.2, 0.25) is 11.8 Å². The summed E-state index contributed by atoms with van der Waals surface area (Å²) in [5.74, 6) is -1.62. The Kier molecular flexibility index (Phi) is 3.62. The van der Waals surface area contributed by atoms with E-state index in [1.54, 1.807) is 30.1 Å². The van der Waals surface area contributed by atoms with Crippen molar-refractivity contribution in [2.24, 2.45) is 7.05 Å². The van der Waals surface area contributed by atoms with Crippen molar-refractivity contribution < 1.29 is 14.0 Å². The fourth-order valence-corrected chi connectivity index (χ4v) is 2.55. The van der Waals surface area contributed by atoms with Crippen LogP contribution in [0.15, 0.2) is 30.5 Å². The van der Waals surface area contributed by atoms with Gasteiger partial charge in [-0.2, -0.15) is 5.10 Å². The van der Waals surface area contributed by atoms with Gasteiger partial charge in [0.1, 0.15) is 5.82 Å². The lowest BCUT2D eigenvalue weighted by atomic mass is 9.89. The third kappa shape index (κ3) is 2.69. The van der Waals surface area contributed by atoms with Crippen LogP contribution in [0.2, 0.25) is 0 Å². The molecule has 0 fully saturated rings. The average molecular weight is 302 g/mol. The molecule has 3 rings (SSSR count). The van der Waals surface area contributed by atoms with Crippen molar-refractivity contribution in [1.82, 2.24) is 15.1 Å². The number of halogens is 1. The molecule has 1 aliphatic rings. The monoisotopic (exact) mass is 302 g/mol. The summed E-state index contributed by atoms with van der Waals surface area (Å²) >= 11 is 0. The van der Waals surface area contributed by atoms with E-state index in [1.807, 2.05) is 0 Å². The van der Waals surface area contributed by atoms with E-state index in [0.29, 0.717) is 17.8 Å². The molecule has 22 heavy (non-hydrogen) atoms. The molecule has 114 valence electrons. The molecule has 1 unspecified atom stereocenters. The lowest BCUT2D eigenvalue weighted by Crippen LogP contribution is -2.35. The number of nitrogens with one attached hydrogen (secondary N) is 2. The van der Waals surface area contributed by atoms with Crippen LogP contribution >= 0.6 is 0 Å². The third-order valence-electron chi connectivity index (χ3n) is 3.74. The molecule has 2 aromatic rings. The zero-order valence-electron chi connectivity index (χ0n) is 12.0. The van der Waals surface area contributed by atoms with Crippen molar-refractivity contribution in [1.29, 1.82) is 0 Å². The second-order valence-electron chi connectivity index (χ2n) is 5.20. The fraction of sp³-hybridized carbons (Fsp3) is 0.267. The number of fused-ring (bicyclic) bond motifs is 1. The van der Waals surface area contributed by atoms with E-state index in [-0.39, 0.29) is 18.2 Å². The lowest BCUT2D eigenvalue weighted by Gasteiger charge is -2.24. The number of amides is 2. The summed E-state index contributed by atoms with van der Waals surface area (Å²) in [6.45, 7) is 0.323. The summed E-state index contributed by atoms with van der Waals surface area (Å²) < 4.78 is 14.9. The molecular formula is C15H15FN4O2. The zero-order valence-corrected chi connectivity index (χ0v) is 12.0. The highest BCUT2D eigenvalue weighted by molar-refractivity contribution is 6.01. The first kappa shape index (κ1) is 14.2. The van der Waals surface area contributed by atoms with Crippen molar-refractivity contribution in [3.8, 4) is 0 Å². The zero-order chi connectivity index (χ0) is 15.7. The highest BCUT2D eigenvalue weighted by atomic mass is 19.1. The van der Waals surface area contributed by atoms with E-state index in [4.69, 9.17) is 0 Å². The van der Waals surface area contributed by atoms with Gasteiger partial charge in [-0.1, -0.05) is 6.07 Å². The maximum atomic E-state index is 13.3. The van der Waals surface area contributed by atoms with Gasteiger partial charge < -0.3 is 10.6 Å². The van der Waals surface area contributed by atoms with Crippen LogP contribution in [0.25, 0.3) is 0 Å². The van der Waals surface area contributed by atoms with E-state index in [0.717, 1.165) is 5.69 Å². The summed E-state index contributed by atoms with van der Waals surface area (Å²) in [5.41, 5.74) is 1.84. The summed E-state index contributed by atoms with van der Waals surface area (Å²) in [6, 6.07) is 5.86. The van der Waals surface area contributed by atoms with Gasteiger partial charge in [0, 0.05) is 25.4 Å². The van der Waals surface area contributed by atoms with Crippen LogP contribution in [0, 0.1) is 5.82 Å². The lowest BCUT2D eigenvalue weighted by molar-refractivity contribution is -0.126. The van der Waals surface area contributed by atoms with Gasteiger partial charge in [-0.3, -0.25) is 14.3 Å². The molecule has 7 heteroatoms. The predicted octanol–water partition coefficient (Wildman–Crippen LogP) is 1.30. The largest absolute Gasteiger partial charge is 0.350 e. The minimum absolute atomic E-state index is 0.0514. The maximum Gasteiger partial charge on any atom is 0.228 e. The second-order valence-corrected chi connectivity index (χ2v) is 5.20. The minimum Gasteiger partial charge on any atom is -0.350 e. The van der Waals surface area contributed by atoms with Gasteiger partial charge >= 0.3 is 0 Å². The number of nitrogens with zero attached hydrogens (tertiary/aromatic N) is 2. The number of carbonyl (C=O) groups is 2. The Bertz CT molecular complexity index is 741. The molecule has 2 N–H and O–H groups in total. The van der Waals surface area contributed by atoms with Crippen molar-refractivity contribution in [3.63, 3.8) is 0 Å². The molecule has 6 nitrogen and oxygen atoms in total. The van der Waals surface area contributed by atoms with E-state index >= 15 is 0 Å². The van der Waals surface area contributed by atoms with Crippen LogP contribution in [-0.4, -0.2) is 21.6 Å². The predicted molar refractivity (Wildman–Crippen MR) is 77.4 cm³/mol. The first-order valence-electron chi connectivity index (χ1n) is 6.88. The number of carbonyl (C=O) groups excluding carboxylic acids is 2. The number of hydrogen-bond acceptors (Lipinski definition) is 3. The highest BCUT2D eigenvalue weighted by Crippen LogP contribution is 2.32. The Morgan fingerprint density at radius 1 is 1.50 bits per heavy atom. The Hall–Kier alpha value is -2.70. The normalized spacial score (nSPS) is 16.8. The molecule has 1 atom stereocenters. The van der Waals surface area contributed by atoms with E-state index < -0.39 is 11.7 Å². The number of rotatable bonds is 3. The van der Waals surface area contributed by atoms with Crippen molar-refractivity contribution in [2.75, 3.05) is 5.32 Å². The van der Waals surface area contributed by atoms with Gasteiger partial charge in [0.05, 0.1) is 18.2 Å². The van der Waals surface area contributed by atoms with Gasteiger partial charge in [0.25, 0.3) is 0 Å². The summed E-state index contributed by atoms with van der Waals surface area (Å²) in [5, 5.41) is 9.41. The molecule has 0 saturated heterocycles. The standard InChI is InChI=1S/C15H15FN4O2/c1-20-10(4-5-18-20)8-17-15(22)12-7-14(21)19-13-6-9(16)2-3-11(12)13/h2-6,12H,7-8H2,1H3,(H,17,22)(H,19,21). The van der Waals surface area contributed by atoms with Gasteiger partial charge in [0.15, 0.2) is 0 Å². The molecule has 0 radical (unpaired) electrons. The third-order valence-corrected chi connectivity index (χ3v) is 3.74. The topological polar surface area (TPSA) is 76.0 Å². The second kappa shape index (κ2) is 5.59. The first-order valence-corrected chi connectivity index (χ1v) is 6.88. The smallest absolute Gasteiger partial charge is 0.228 e. The molecule has 1 aromatic carbocycles. The molecular weight excluding hydrogens is 287 g/mol. The van der Waals surface area contributed by atoms with Crippen LogP contribution < -0.4 is 10.6 Å². The SMILES string of the molecule is Cn1nccc1CNC(=O)C1CC(=O)Nc2cc(F)ccc21. The first-order chi connectivity index (χ1) is 10.5.